The molecule has 0 saturated carbocycles. The molecule has 0 atom stereocenters. The maximum absolute atomic E-state index is 11.8. The van der Waals surface area contributed by atoms with E-state index in [1.54, 1.807) is 18.2 Å². The largest absolute Gasteiger partial charge is 0.427 e. The van der Waals surface area contributed by atoms with E-state index in [1.807, 2.05) is 18.2 Å². The number of esters is 1. The average Bonchev–Trinajstić information content (AvgIpc) is 2.36. The highest BCUT2D eigenvalue weighted by Crippen LogP contribution is 2.25. The fourth-order valence-corrected chi connectivity index (χ4v) is 2.10. The van der Waals surface area contributed by atoms with Gasteiger partial charge in [0.05, 0.1) is 5.33 Å². The molecule has 0 fully saturated rings. The van der Waals surface area contributed by atoms with Crippen LogP contribution in [0.5, 0.6) is 5.75 Å². The van der Waals surface area contributed by atoms with Crippen LogP contribution in [0.3, 0.4) is 0 Å². The molecule has 0 aliphatic rings. The molecule has 0 heterocycles. The first-order valence-corrected chi connectivity index (χ1v) is 6.54. The Kier molecular flexibility index (Phi) is 3.77. The summed E-state index contributed by atoms with van der Waals surface area (Å²) in [6, 6.07) is 10.8. The van der Waals surface area contributed by atoms with Crippen molar-refractivity contribution in [2.45, 2.75) is 6.92 Å². The summed E-state index contributed by atoms with van der Waals surface area (Å²) in [6.07, 6.45) is 0. The molecule has 92 valence electrons. The highest BCUT2D eigenvalue weighted by atomic mass is 79.9. The van der Waals surface area contributed by atoms with Crippen molar-refractivity contribution in [1.82, 2.24) is 0 Å². The molecule has 0 aliphatic carbocycles. The van der Waals surface area contributed by atoms with Gasteiger partial charge in [-0.05, 0) is 22.9 Å². The minimum absolute atomic E-state index is 0.000532. The van der Waals surface area contributed by atoms with Gasteiger partial charge in [-0.15, -0.1) is 0 Å². The van der Waals surface area contributed by atoms with Crippen LogP contribution in [-0.4, -0.2) is 17.1 Å². The fraction of sp³-hybridized carbons (Fsp3) is 0.143. The second kappa shape index (κ2) is 5.31. The number of hydrogen-bond acceptors (Lipinski definition) is 3. The van der Waals surface area contributed by atoms with E-state index in [4.69, 9.17) is 4.74 Å². The zero-order valence-electron chi connectivity index (χ0n) is 9.77. The normalized spacial score (nSPS) is 10.3. The number of benzene rings is 2. The molecule has 0 spiro atoms. The van der Waals surface area contributed by atoms with Gasteiger partial charge in [-0.25, -0.2) is 0 Å². The molecule has 0 aliphatic heterocycles. The van der Waals surface area contributed by atoms with Crippen LogP contribution < -0.4 is 4.74 Å². The van der Waals surface area contributed by atoms with E-state index in [0.29, 0.717) is 11.3 Å². The van der Waals surface area contributed by atoms with Gasteiger partial charge in [0, 0.05) is 12.5 Å². The molecule has 0 unspecified atom stereocenters. The molecule has 0 amide bonds. The van der Waals surface area contributed by atoms with Gasteiger partial charge in [0.15, 0.2) is 5.78 Å². The Morgan fingerprint density at radius 2 is 2.00 bits per heavy atom. The Balaban J connectivity index is 2.58. The lowest BCUT2D eigenvalue weighted by Gasteiger charge is -2.07. The van der Waals surface area contributed by atoms with E-state index < -0.39 is 0 Å². The predicted octanol–water partition coefficient (Wildman–Crippen LogP) is 3.34. The number of halogens is 1. The van der Waals surface area contributed by atoms with Crippen molar-refractivity contribution in [2.24, 2.45) is 0 Å². The molecular weight excluding hydrogens is 296 g/mol. The Labute approximate surface area is 113 Å². The zero-order valence-corrected chi connectivity index (χ0v) is 11.4. The quantitative estimate of drug-likeness (QED) is 0.378. The molecule has 2 aromatic carbocycles. The number of fused-ring (bicyclic) bond motifs is 1. The summed E-state index contributed by atoms with van der Waals surface area (Å²) in [7, 11) is 0. The molecule has 3 nitrogen and oxygen atoms in total. The van der Waals surface area contributed by atoms with Crippen molar-refractivity contribution in [3.05, 3.63) is 42.0 Å². The molecule has 0 N–H and O–H groups in total. The first kappa shape index (κ1) is 12.8. The van der Waals surface area contributed by atoms with E-state index >= 15 is 0 Å². The maximum Gasteiger partial charge on any atom is 0.308 e. The summed E-state index contributed by atoms with van der Waals surface area (Å²) >= 11 is 3.16. The standard InChI is InChI=1S/C14H11BrO3/c1-9(16)18-11-6-5-10-3-2-4-12(13(10)7-11)14(17)8-15/h2-7H,8H2,1H3. The number of ether oxygens (including phenoxy) is 1. The van der Waals surface area contributed by atoms with Gasteiger partial charge >= 0.3 is 5.97 Å². The smallest absolute Gasteiger partial charge is 0.308 e. The van der Waals surface area contributed by atoms with E-state index in [2.05, 4.69) is 15.9 Å². The zero-order chi connectivity index (χ0) is 13.1. The number of carbonyl (C=O) groups is 2. The minimum Gasteiger partial charge on any atom is -0.427 e. The third kappa shape index (κ3) is 2.59. The molecule has 0 aromatic heterocycles. The van der Waals surface area contributed by atoms with Crippen LogP contribution in [0.1, 0.15) is 17.3 Å². The van der Waals surface area contributed by atoms with Crippen molar-refractivity contribution in [3.63, 3.8) is 0 Å². The van der Waals surface area contributed by atoms with E-state index in [1.165, 1.54) is 6.92 Å². The van der Waals surface area contributed by atoms with Crippen molar-refractivity contribution in [3.8, 4) is 5.75 Å². The van der Waals surface area contributed by atoms with Crippen LogP contribution in [0.15, 0.2) is 36.4 Å². The first-order chi connectivity index (χ1) is 8.61. The highest BCUT2D eigenvalue weighted by molar-refractivity contribution is 9.09. The van der Waals surface area contributed by atoms with Crippen LogP contribution in [0.2, 0.25) is 0 Å². The third-order valence-electron chi connectivity index (χ3n) is 2.54. The van der Waals surface area contributed by atoms with Crippen molar-refractivity contribution >= 4 is 38.5 Å². The lowest BCUT2D eigenvalue weighted by Crippen LogP contribution is -2.03. The van der Waals surface area contributed by atoms with Crippen molar-refractivity contribution in [1.29, 1.82) is 0 Å². The summed E-state index contributed by atoms with van der Waals surface area (Å²) in [5.74, 6) is 0.0732. The summed E-state index contributed by atoms with van der Waals surface area (Å²) < 4.78 is 5.03. The lowest BCUT2D eigenvalue weighted by atomic mass is 10.0. The minimum atomic E-state index is -0.376. The van der Waals surface area contributed by atoms with Crippen LogP contribution >= 0.6 is 15.9 Å². The van der Waals surface area contributed by atoms with Crippen LogP contribution in [0.4, 0.5) is 0 Å². The van der Waals surface area contributed by atoms with E-state index in [-0.39, 0.29) is 17.1 Å². The van der Waals surface area contributed by atoms with Crippen LogP contribution in [-0.2, 0) is 4.79 Å². The van der Waals surface area contributed by atoms with Crippen LogP contribution in [0, 0.1) is 0 Å². The monoisotopic (exact) mass is 306 g/mol. The Morgan fingerprint density at radius 3 is 2.67 bits per heavy atom. The summed E-state index contributed by atoms with van der Waals surface area (Å²) in [4.78, 5) is 22.7. The average molecular weight is 307 g/mol. The predicted molar refractivity (Wildman–Crippen MR) is 73.4 cm³/mol. The van der Waals surface area contributed by atoms with Crippen LogP contribution in [0.25, 0.3) is 10.8 Å². The fourth-order valence-electron chi connectivity index (χ4n) is 1.80. The molecule has 2 aromatic rings. The molecule has 18 heavy (non-hydrogen) atoms. The van der Waals surface area contributed by atoms with Gasteiger partial charge in [0.1, 0.15) is 5.75 Å². The molecule has 0 saturated heterocycles. The second-order valence-electron chi connectivity index (χ2n) is 3.84. The molecule has 2 rings (SSSR count). The summed E-state index contributed by atoms with van der Waals surface area (Å²) in [5, 5.41) is 2.00. The van der Waals surface area contributed by atoms with Gasteiger partial charge < -0.3 is 4.74 Å². The van der Waals surface area contributed by atoms with Gasteiger partial charge in [-0.1, -0.05) is 40.2 Å². The topological polar surface area (TPSA) is 43.4 Å². The van der Waals surface area contributed by atoms with Gasteiger partial charge in [-0.3, -0.25) is 9.59 Å². The van der Waals surface area contributed by atoms with Gasteiger partial charge in [0.25, 0.3) is 0 Å². The van der Waals surface area contributed by atoms with E-state index in [9.17, 15) is 9.59 Å². The van der Waals surface area contributed by atoms with E-state index in [0.717, 1.165) is 10.8 Å². The Hall–Kier alpha value is -1.68. The number of hydrogen-bond donors (Lipinski definition) is 0. The maximum atomic E-state index is 11.8. The second-order valence-corrected chi connectivity index (χ2v) is 4.40. The highest BCUT2D eigenvalue weighted by Gasteiger charge is 2.09. The lowest BCUT2D eigenvalue weighted by molar-refractivity contribution is -0.131. The van der Waals surface area contributed by atoms with Crippen molar-refractivity contribution < 1.29 is 14.3 Å². The number of alkyl halides is 1. The Bertz CT molecular complexity index is 619. The SMILES string of the molecule is CC(=O)Oc1ccc2cccc(C(=O)CBr)c2c1. The number of Topliss-reactive ketones (excluding diaryl/α,β-unsaturated/α-hetero) is 1. The van der Waals surface area contributed by atoms with Crippen molar-refractivity contribution in [2.75, 3.05) is 5.33 Å². The number of rotatable bonds is 3. The molecule has 0 radical (unpaired) electrons. The number of carbonyl (C=O) groups excluding carboxylic acids is 2. The molecular formula is C14H11BrO3. The number of ketones is 1. The van der Waals surface area contributed by atoms with Gasteiger partial charge in [-0.2, -0.15) is 0 Å². The first-order valence-electron chi connectivity index (χ1n) is 5.42. The molecule has 0 bridgehead atoms. The van der Waals surface area contributed by atoms with Gasteiger partial charge in [0.2, 0.25) is 0 Å². The Morgan fingerprint density at radius 1 is 1.22 bits per heavy atom. The third-order valence-corrected chi connectivity index (χ3v) is 3.05. The summed E-state index contributed by atoms with van der Waals surface area (Å²) in [6.45, 7) is 1.35. The molecule has 4 heteroatoms. The summed E-state index contributed by atoms with van der Waals surface area (Å²) in [5.41, 5.74) is 0.623.